The van der Waals surface area contributed by atoms with Crippen LogP contribution in [0.1, 0.15) is 25.7 Å². The Morgan fingerprint density at radius 1 is 1.46 bits per heavy atom. The van der Waals surface area contributed by atoms with Gasteiger partial charge in [-0.25, -0.2) is 4.79 Å². The lowest BCUT2D eigenvalue weighted by atomic mass is 9.96. The van der Waals surface area contributed by atoms with Gasteiger partial charge in [-0.2, -0.15) is 0 Å². The van der Waals surface area contributed by atoms with E-state index in [1.165, 1.54) is 0 Å². The second-order valence-corrected chi connectivity index (χ2v) is 3.41. The van der Waals surface area contributed by atoms with Crippen molar-refractivity contribution in [2.75, 3.05) is 7.05 Å². The molecule has 1 saturated carbocycles. The average Bonchev–Trinajstić information content (AvgIpc) is 2.54. The molecule has 1 fully saturated rings. The molecule has 2 amide bonds. The highest BCUT2D eigenvalue weighted by Crippen LogP contribution is 2.29. The summed E-state index contributed by atoms with van der Waals surface area (Å²) in [6.07, 6.45) is 3.58. The Morgan fingerprint density at radius 3 is 2.38 bits per heavy atom. The van der Waals surface area contributed by atoms with Crippen molar-refractivity contribution in [3.63, 3.8) is 0 Å². The second-order valence-electron chi connectivity index (χ2n) is 3.41. The highest BCUT2D eigenvalue weighted by atomic mass is 16.2. The van der Waals surface area contributed by atoms with E-state index in [2.05, 4.69) is 10.6 Å². The van der Waals surface area contributed by atoms with E-state index >= 15 is 0 Å². The lowest BCUT2D eigenvalue weighted by molar-refractivity contribution is 0.235. The number of urea groups is 1. The van der Waals surface area contributed by atoms with Crippen LogP contribution in [0, 0.1) is 5.41 Å². The number of rotatable bonds is 2. The number of hydrogen-bond donors (Lipinski definition) is 4. The Balaban J connectivity index is 2.68. The molecule has 0 radical (unpaired) electrons. The van der Waals surface area contributed by atoms with Gasteiger partial charge in [0.1, 0.15) is 5.84 Å². The molecule has 0 heterocycles. The minimum Gasteiger partial charge on any atom is -0.386 e. The molecule has 1 rings (SSSR count). The van der Waals surface area contributed by atoms with E-state index in [0.717, 1.165) is 25.7 Å². The van der Waals surface area contributed by atoms with Gasteiger partial charge in [0.05, 0.1) is 5.54 Å². The largest absolute Gasteiger partial charge is 0.386 e. The summed E-state index contributed by atoms with van der Waals surface area (Å²) in [7, 11) is 1.55. The molecule has 0 aliphatic heterocycles. The van der Waals surface area contributed by atoms with Gasteiger partial charge in [0.25, 0.3) is 0 Å². The molecule has 5 nitrogen and oxygen atoms in total. The quantitative estimate of drug-likeness (QED) is 0.364. The molecule has 0 saturated heterocycles. The van der Waals surface area contributed by atoms with Crippen LogP contribution in [0.15, 0.2) is 0 Å². The molecule has 0 aromatic heterocycles. The minimum absolute atomic E-state index is 0.0635. The van der Waals surface area contributed by atoms with Crippen LogP contribution in [0.2, 0.25) is 0 Å². The van der Waals surface area contributed by atoms with Crippen LogP contribution in [-0.2, 0) is 0 Å². The third kappa shape index (κ3) is 1.91. The Hall–Kier alpha value is -1.26. The zero-order valence-electron chi connectivity index (χ0n) is 7.81. The predicted octanol–water partition coefficient (Wildman–Crippen LogP) is 0.164. The first kappa shape index (κ1) is 9.83. The van der Waals surface area contributed by atoms with Crippen LogP contribution in [0.4, 0.5) is 4.79 Å². The molecular weight excluding hydrogens is 168 g/mol. The third-order valence-corrected chi connectivity index (χ3v) is 2.55. The summed E-state index contributed by atoms with van der Waals surface area (Å²) in [5, 5.41) is 12.7. The summed E-state index contributed by atoms with van der Waals surface area (Å²) in [6.45, 7) is 0. The van der Waals surface area contributed by atoms with Crippen LogP contribution in [0.25, 0.3) is 0 Å². The third-order valence-electron chi connectivity index (χ3n) is 2.55. The molecule has 5 heteroatoms. The summed E-state index contributed by atoms with van der Waals surface area (Å²) < 4.78 is 0. The maximum absolute atomic E-state index is 11.1. The average molecular weight is 184 g/mol. The number of hydrogen-bond acceptors (Lipinski definition) is 2. The SMILES string of the molecule is CNC(=O)NC1(C(=N)N)CCCC1. The highest BCUT2D eigenvalue weighted by Gasteiger charge is 2.38. The molecule has 13 heavy (non-hydrogen) atoms. The first-order valence-corrected chi connectivity index (χ1v) is 4.45. The zero-order chi connectivity index (χ0) is 9.90. The van der Waals surface area contributed by atoms with Crippen molar-refractivity contribution in [1.82, 2.24) is 10.6 Å². The molecule has 1 aliphatic rings. The van der Waals surface area contributed by atoms with E-state index in [1.807, 2.05) is 0 Å². The van der Waals surface area contributed by atoms with Gasteiger partial charge in [-0.15, -0.1) is 0 Å². The Labute approximate surface area is 77.6 Å². The normalized spacial score (nSPS) is 19.5. The molecule has 0 spiro atoms. The minimum atomic E-state index is -0.583. The number of nitrogens with two attached hydrogens (primary N) is 1. The lowest BCUT2D eigenvalue weighted by Gasteiger charge is -2.28. The molecule has 0 aromatic carbocycles. The van der Waals surface area contributed by atoms with Gasteiger partial charge in [-0.05, 0) is 12.8 Å². The summed E-state index contributed by atoms with van der Waals surface area (Å²) in [5.41, 5.74) is 4.89. The fourth-order valence-electron chi connectivity index (χ4n) is 1.72. The topological polar surface area (TPSA) is 91.0 Å². The van der Waals surface area contributed by atoms with Gasteiger partial charge in [-0.3, -0.25) is 5.41 Å². The predicted molar refractivity (Wildman–Crippen MR) is 50.7 cm³/mol. The molecule has 1 aliphatic carbocycles. The first-order valence-electron chi connectivity index (χ1n) is 4.45. The van der Waals surface area contributed by atoms with E-state index < -0.39 is 5.54 Å². The Morgan fingerprint density at radius 2 is 2.00 bits per heavy atom. The van der Waals surface area contributed by atoms with Crippen molar-refractivity contribution in [3.05, 3.63) is 0 Å². The maximum Gasteiger partial charge on any atom is 0.315 e. The van der Waals surface area contributed by atoms with Gasteiger partial charge in [-0.1, -0.05) is 12.8 Å². The number of amides is 2. The van der Waals surface area contributed by atoms with Gasteiger partial charge in [0.15, 0.2) is 0 Å². The zero-order valence-corrected chi connectivity index (χ0v) is 7.81. The van der Waals surface area contributed by atoms with Crippen molar-refractivity contribution >= 4 is 11.9 Å². The van der Waals surface area contributed by atoms with E-state index in [9.17, 15) is 4.79 Å². The second kappa shape index (κ2) is 3.64. The van der Waals surface area contributed by atoms with Crippen molar-refractivity contribution in [2.45, 2.75) is 31.2 Å². The molecular formula is C8H16N4O. The van der Waals surface area contributed by atoms with E-state index in [1.54, 1.807) is 7.05 Å². The van der Waals surface area contributed by atoms with E-state index in [-0.39, 0.29) is 11.9 Å². The molecule has 74 valence electrons. The highest BCUT2D eigenvalue weighted by molar-refractivity contribution is 5.92. The maximum atomic E-state index is 11.1. The molecule has 5 N–H and O–H groups in total. The summed E-state index contributed by atoms with van der Waals surface area (Å²) in [5.74, 6) is 0.0635. The fraction of sp³-hybridized carbons (Fsp3) is 0.750. The van der Waals surface area contributed by atoms with Gasteiger partial charge in [0.2, 0.25) is 0 Å². The van der Waals surface area contributed by atoms with Crippen molar-refractivity contribution < 1.29 is 4.79 Å². The van der Waals surface area contributed by atoms with E-state index in [0.29, 0.717) is 0 Å². The molecule has 0 atom stereocenters. The van der Waals surface area contributed by atoms with Crippen molar-refractivity contribution in [3.8, 4) is 0 Å². The van der Waals surface area contributed by atoms with Gasteiger partial charge in [0, 0.05) is 7.05 Å². The lowest BCUT2D eigenvalue weighted by Crippen LogP contribution is -2.57. The number of amidine groups is 1. The summed E-state index contributed by atoms with van der Waals surface area (Å²) in [4.78, 5) is 11.1. The Bertz CT molecular complexity index is 220. The van der Waals surface area contributed by atoms with Crippen molar-refractivity contribution in [2.24, 2.45) is 5.73 Å². The number of carbonyl (C=O) groups is 1. The Kier molecular flexibility index (Phi) is 2.75. The molecule has 0 bridgehead atoms. The van der Waals surface area contributed by atoms with E-state index in [4.69, 9.17) is 11.1 Å². The fourth-order valence-corrected chi connectivity index (χ4v) is 1.72. The van der Waals surface area contributed by atoms with Crippen LogP contribution < -0.4 is 16.4 Å². The number of carbonyl (C=O) groups excluding carboxylic acids is 1. The van der Waals surface area contributed by atoms with Crippen molar-refractivity contribution in [1.29, 1.82) is 5.41 Å². The van der Waals surface area contributed by atoms with Crippen LogP contribution in [-0.4, -0.2) is 24.5 Å². The molecule has 0 unspecified atom stereocenters. The monoisotopic (exact) mass is 184 g/mol. The number of nitrogens with one attached hydrogen (secondary N) is 3. The summed E-state index contributed by atoms with van der Waals surface area (Å²) in [6, 6.07) is -0.267. The summed E-state index contributed by atoms with van der Waals surface area (Å²) >= 11 is 0. The first-order chi connectivity index (χ1) is 6.10. The van der Waals surface area contributed by atoms with Gasteiger partial charge >= 0.3 is 6.03 Å². The van der Waals surface area contributed by atoms with Crippen LogP contribution in [0.3, 0.4) is 0 Å². The molecule has 0 aromatic rings. The van der Waals surface area contributed by atoms with Crippen LogP contribution in [0.5, 0.6) is 0 Å². The standard InChI is InChI=1S/C8H16N4O/c1-11-7(13)12-8(6(9)10)4-2-3-5-8/h2-5H2,1H3,(H3,9,10)(H2,11,12,13). The van der Waals surface area contributed by atoms with Crippen LogP contribution >= 0.6 is 0 Å². The smallest absolute Gasteiger partial charge is 0.315 e. The van der Waals surface area contributed by atoms with Gasteiger partial charge < -0.3 is 16.4 Å².